The molecule has 6 N–H and O–H groups in total. The smallest absolute Gasteiger partial charge is 0.504 e. The van der Waals surface area contributed by atoms with Gasteiger partial charge in [0.15, 0.2) is 11.5 Å². The highest BCUT2D eigenvalue weighted by molar-refractivity contribution is 7.46. The molecule has 2 rings (SSSR count). The normalized spacial score (nSPS) is 13.4. The van der Waals surface area contributed by atoms with Gasteiger partial charge in [0, 0.05) is 18.8 Å². The van der Waals surface area contributed by atoms with E-state index in [0.29, 0.717) is 5.56 Å². The molecule has 0 saturated carbocycles. The van der Waals surface area contributed by atoms with E-state index in [1.807, 2.05) is 0 Å². The first-order valence-electron chi connectivity index (χ1n) is 7.78. The Balaban J connectivity index is 2.13. The van der Waals surface area contributed by atoms with Crippen LogP contribution in [0.5, 0.6) is 11.5 Å². The Morgan fingerprint density at radius 2 is 2.00 bits per heavy atom. The minimum absolute atomic E-state index is 0.181. The highest BCUT2D eigenvalue weighted by Gasteiger charge is 2.34. The van der Waals surface area contributed by atoms with Crippen LogP contribution in [0.1, 0.15) is 22.8 Å². The maximum absolute atomic E-state index is 12.1. The fraction of sp³-hybridized carbons (Fsp3) is 0.188. The Kier molecular flexibility index (Phi) is 6.37. The lowest BCUT2D eigenvalue weighted by Gasteiger charge is -2.26. The predicted molar refractivity (Wildman–Crippen MR) is 95.4 cm³/mol. The Bertz CT molecular complexity index is 917. The zero-order chi connectivity index (χ0) is 20.9. The van der Waals surface area contributed by atoms with Crippen molar-refractivity contribution in [2.75, 3.05) is 0 Å². The molecule has 28 heavy (non-hydrogen) atoms. The number of hydrazine groups is 1. The first-order chi connectivity index (χ1) is 13.0. The standard InChI is InChI=1S/C16H18N3O8P/c1-16(15(22)23,19-18-14(21)11-3-2-6-17-9-11)8-10-4-5-13(12(20)7-10)27-28(24,25)26/h2-7,9,19-20H,8H2,1H3,(H,18,21)(H,22,23)(H2,24,25,26)/t16-/m0/s1. The van der Waals surface area contributed by atoms with E-state index in [0.717, 1.165) is 12.1 Å². The molecule has 2 aromatic rings. The molecule has 0 bridgehead atoms. The fourth-order valence-electron chi connectivity index (χ4n) is 2.22. The van der Waals surface area contributed by atoms with Crippen molar-refractivity contribution in [2.24, 2.45) is 0 Å². The van der Waals surface area contributed by atoms with Crippen LogP contribution in [-0.2, 0) is 15.8 Å². The van der Waals surface area contributed by atoms with Crippen LogP contribution >= 0.6 is 7.82 Å². The van der Waals surface area contributed by atoms with E-state index < -0.39 is 36.7 Å². The van der Waals surface area contributed by atoms with E-state index in [4.69, 9.17) is 9.79 Å². The van der Waals surface area contributed by atoms with E-state index in [9.17, 15) is 24.4 Å². The minimum atomic E-state index is -4.86. The monoisotopic (exact) mass is 411 g/mol. The first kappa shape index (κ1) is 21.3. The number of phosphoric acid groups is 1. The maximum atomic E-state index is 12.1. The molecule has 12 heteroatoms. The number of hydrogen-bond acceptors (Lipinski definition) is 7. The summed E-state index contributed by atoms with van der Waals surface area (Å²) in [6.07, 6.45) is 2.62. The summed E-state index contributed by atoms with van der Waals surface area (Å²) >= 11 is 0. The van der Waals surface area contributed by atoms with Crippen molar-refractivity contribution in [1.29, 1.82) is 0 Å². The fourth-order valence-corrected chi connectivity index (χ4v) is 2.63. The van der Waals surface area contributed by atoms with Gasteiger partial charge in [-0.05, 0) is 36.8 Å². The summed E-state index contributed by atoms with van der Waals surface area (Å²) in [7, 11) is -4.86. The third kappa shape index (κ3) is 5.76. The summed E-state index contributed by atoms with van der Waals surface area (Å²) in [5, 5.41) is 19.4. The van der Waals surface area contributed by atoms with Gasteiger partial charge in [-0.3, -0.25) is 29.8 Å². The third-order valence-corrected chi connectivity index (χ3v) is 4.08. The maximum Gasteiger partial charge on any atom is 0.524 e. The SMILES string of the molecule is C[C@@](Cc1ccc(OP(=O)(O)O)c(O)c1)(NNC(=O)c1cccnc1)C(=O)O. The van der Waals surface area contributed by atoms with Gasteiger partial charge in [-0.2, -0.15) is 0 Å². The number of aromatic nitrogens is 1. The Hall–Kier alpha value is -2.98. The quantitative estimate of drug-likeness (QED) is 0.266. The van der Waals surface area contributed by atoms with E-state index >= 15 is 0 Å². The van der Waals surface area contributed by atoms with Gasteiger partial charge >= 0.3 is 13.8 Å². The van der Waals surface area contributed by atoms with Crippen molar-refractivity contribution in [3.63, 3.8) is 0 Å². The molecule has 1 atom stereocenters. The number of nitrogens with zero attached hydrogens (tertiary/aromatic N) is 1. The number of phenolic OH excluding ortho intramolecular Hbond substituents is 1. The average Bonchev–Trinajstić information content (AvgIpc) is 2.61. The molecule has 0 unspecified atom stereocenters. The van der Waals surface area contributed by atoms with E-state index in [1.165, 1.54) is 31.5 Å². The van der Waals surface area contributed by atoms with Crippen molar-refractivity contribution in [1.82, 2.24) is 15.8 Å². The number of carbonyl (C=O) groups excluding carboxylic acids is 1. The summed E-state index contributed by atoms with van der Waals surface area (Å²) in [5.74, 6) is -2.90. The molecule has 0 aliphatic heterocycles. The Morgan fingerprint density at radius 3 is 2.54 bits per heavy atom. The number of phenols is 1. The molecule has 150 valence electrons. The van der Waals surface area contributed by atoms with Gasteiger partial charge in [0.2, 0.25) is 0 Å². The van der Waals surface area contributed by atoms with Gasteiger partial charge < -0.3 is 14.7 Å². The van der Waals surface area contributed by atoms with E-state index in [2.05, 4.69) is 20.4 Å². The number of rotatable bonds is 8. The summed E-state index contributed by atoms with van der Waals surface area (Å²) in [5.41, 5.74) is 3.62. The average molecular weight is 411 g/mol. The molecule has 0 spiro atoms. The number of benzene rings is 1. The largest absolute Gasteiger partial charge is 0.524 e. The molecule has 0 fully saturated rings. The van der Waals surface area contributed by atoms with Crippen molar-refractivity contribution in [2.45, 2.75) is 18.9 Å². The lowest BCUT2D eigenvalue weighted by molar-refractivity contribution is -0.144. The lowest BCUT2D eigenvalue weighted by atomic mass is 9.93. The second-order valence-corrected chi connectivity index (χ2v) is 7.18. The lowest BCUT2D eigenvalue weighted by Crippen LogP contribution is -2.58. The van der Waals surface area contributed by atoms with Crippen LogP contribution in [0.15, 0.2) is 42.7 Å². The highest BCUT2D eigenvalue weighted by Crippen LogP contribution is 2.41. The van der Waals surface area contributed by atoms with Crippen molar-refractivity contribution in [3.05, 3.63) is 53.9 Å². The van der Waals surface area contributed by atoms with Crippen LogP contribution in [0.3, 0.4) is 0 Å². The van der Waals surface area contributed by atoms with Gasteiger partial charge in [-0.25, -0.2) is 9.99 Å². The summed E-state index contributed by atoms with van der Waals surface area (Å²) in [6.45, 7) is 1.32. The molecular formula is C16H18N3O8P. The molecule has 0 saturated heterocycles. The minimum Gasteiger partial charge on any atom is -0.504 e. The predicted octanol–water partition coefficient (Wildman–Crippen LogP) is 0.579. The van der Waals surface area contributed by atoms with Gasteiger partial charge in [0.05, 0.1) is 5.56 Å². The van der Waals surface area contributed by atoms with Crippen LogP contribution in [0.2, 0.25) is 0 Å². The number of carboxylic acid groups (broad SMARTS) is 1. The van der Waals surface area contributed by atoms with Gasteiger partial charge in [-0.15, -0.1) is 0 Å². The number of aliphatic carboxylic acids is 1. The number of phosphoric ester groups is 1. The number of carbonyl (C=O) groups is 2. The number of carboxylic acids is 1. The molecule has 0 aliphatic rings. The second-order valence-electron chi connectivity index (χ2n) is 6.02. The van der Waals surface area contributed by atoms with Crippen molar-refractivity contribution in [3.8, 4) is 11.5 Å². The van der Waals surface area contributed by atoms with Crippen LogP contribution < -0.4 is 15.4 Å². The van der Waals surface area contributed by atoms with Crippen molar-refractivity contribution < 1.29 is 38.7 Å². The van der Waals surface area contributed by atoms with E-state index in [1.54, 1.807) is 6.07 Å². The highest BCUT2D eigenvalue weighted by atomic mass is 31.2. The number of amides is 1. The molecule has 1 amide bonds. The van der Waals surface area contributed by atoms with Gasteiger partial charge in [0.25, 0.3) is 5.91 Å². The molecule has 0 aliphatic carbocycles. The summed E-state index contributed by atoms with van der Waals surface area (Å²) in [6, 6.07) is 6.59. The molecule has 1 heterocycles. The summed E-state index contributed by atoms with van der Waals surface area (Å²) in [4.78, 5) is 45.1. The number of aromatic hydroxyl groups is 1. The molecule has 11 nitrogen and oxygen atoms in total. The first-order valence-corrected chi connectivity index (χ1v) is 9.31. The van der Waals surface area contributed by atoms with Crippen LogP contribution in [-0.4, -0.2) is 42.4 Å². The third-order valence-electron chi connectivity index (χ3n) is 3.65. The zero-order valence-corrected chi connectivity index (χ0v) is 15.5. The molecule has 1 aromatic carbocycles. The Morgan fingerprint density at radius 1 is 1.29 bits per heavy atom. The zero-order valence-electron chi connectivity index (χ0n) is 14.6. The van der Waals surface area contributed by atoms with Crippen LogP contribution in [0.25, 0.3) is 0 Å². The van der Waals surface area contributed by atoms with Gasteiger partial charge in [0.1, 0.15) is 5.54 Å². The van der Waals surface area contributed by atoms with Crippen LogP contribution in [0, 0.1) is 0 Å². The van der Waals surface area contributed by atoms with Gasteiger partial charge in [-0.1, -0.05) is 6.07 Å². The Labute approximate surface area is 159 Å². The summed E-state index contributed by atoms with van der Waals surface area (Å²) < 4.78 is 15.2. The number of pyridine rings is 1. The van der Waals surface area contributed by atoms with E-state index in [-0.39, 0.29) is 12.0 Å². The molecule has 0 radical (unpaired) electrons. The number of nitrogens with one attached hydrogen (secondary N) is 2. The van der Waals surface area contributed by atoms with Crippen LogP contribution in [0.4, 0.5) is 0 Å². The number of hydrogen-bond donors (Lipinski definition) is 6. The van der Waals surface area contributed by atoms with Crippen molar-refractivity contribution >= 4 is 19.7 Å². The second kappa shape index (κ2) is 8.36. The molecule has 1 aromatic heterocycles. The molecular weight excluding hydrogens is 393 g/mol. The topological polar surface area (TPSA) is 178 Å².